The minimum atomic E-state index is 0.0231. The van der Waals surface area contributed by atoms with Crippen molar-refractivity contribution in [2.45, 2.75) is 76.8 Å². The van der Waals surface area contributed by atoms with Crippen molar-refractivity contribution in [2.75, 3.05) is 18.8 Å². The SMILES string of the molecule is CCCN(CCC1CCC(NC(=O)c2cccc(-n3ccnc3)c2)CC1)[C@H]1CCc2nc(N)sc2C1. The number of carbonyl (C=O) groups is 1. The molecular formula is C28H38N6OS. The quantitative estimate of drug-likeness (QED) is 0.433. The molecule has 192 valence electrons. The number of thiazole rings is 1. The van der Waals surface area contributed by atoms with Crippen molar-refractivity contribution in [3.05, 3.63) is 59.1 Å². The van der Waals surface area contributed by atoms with Gasteiger partial charge in [-0.3, -0.25) is 4.79 Å². The van der Waals surface area contributed by atoms with Crippen LogP contribution < -0.4 is 11.1 Å². The number of amides is 1. The molecule has 2 aliphatic carbocycles. The molecule has 1 saturated carbocycles. The highest BCUT2D eigenvalue weighted by Crippen LogP contribution is 2.32. The van der Waals surface area contributed by atoms with Crippen LogP contribution in [0.15, 0.2) is 43.0 Å². The molecule has 2 aromatic heterocycles. The number of nitrogens with one attached hydrogen (secondary N) is 1. The lowest BCUT2D eigenvalue weighted by Crippen LogP contribution is -2.41. The number of rotatable bonds is 9. The van der Waals surface area contributed by atoms with Gasteiger partial charge in [0.1, 0.15) is 0 Å². The van der Waals surface area contributed by atoms with Crippen LogP contribution in [0.2, 0.25) is 0 Å². The number of carbonyl (C=O) groups excluding carboxylic acids is 1. The van der Waals surface area contributed by atoms with E-state index in [4.69, 9.17) is 5.73 Å². The highest BCUT2D eigenvalue weighted by atomic mass is 32.1. The van der Waals surface area contributed by atoms with E-state index in [9.17, 15) is 4.79 Å². The lowest BCUT2D eigenvalue weighted by atomic mass is 9.83. The van der Waals surface area contributed by atoms with Gasteiger partial charge in [0, 0.05) is 40.6 Å². The molecule has 1 amide bonds. The van der Waals surface area contributed by atoms with Gasteiger partial charge in [0.15, 0.2) is 5.13 Å². The summed E-state index contributed by atoms with van der Waals surface area (Å²) in [4.78, 5) is 25.7. The molecule has 0 aliphatic heterocycles. The molecule has 0 spiro atoms. The number of hydrogen-bond donors (Lipinski definition) is 2. The van der Waals surface area contributed by atoms with Gasteiger partial charge in [0.2, 0.25) is 0 Å². The van der Waals surface area contributed by atoms with Gasteiger partial charge in [-0.2, -0.15) is 0 Å². The van der Waals surface area contributed by atoms with E-state index in [2.05, 4.69) is 27.1 Å². The zero-order valence-electron chi connectivity index (χ0n) is 21.2. The van der Waals surface area contributed by atoms with Crippen LogP contribution >= 0.6 is 11.3 Å². The van der Waals surface area contributed by atoms with E-state index in [1.54, 1.807) is 23.9 Å². The fraction of sp³-hybridized carbons (Fsp3) is 0.536. The van der Waals surface area contributed by atoms with Crippen molar-refractivity contribution in [1.82, 2.24) is 24.8 Å². The Morgan fingerprint density at radius 1 is 1.22 bits per heavy atom. The molecule has 1 aromatic carbocycles. The number of nitrogen functional groups attached to an aromatic ring is 1. The fourth-order valence-corrected chi connectivity index (χ4v) is 6.84. The van der Waals surface area contributed by atoms with Gasteiger partial charge in [-0.05, 0) is 95.0 Å². The van der Waals surface area contributed by atoms with E-state index in [1.807, 2.05) is 35.0 Å². The Balaban J connectivity index is 1.09. The third kappa shape index (κ3) is 5.98. The first-order valence-electron chi connectivity index (χ1n) is 13.5. The summed E-state index contributed by atoms with van der Waals surface area (Å²) < 4.78 is 1.92. The van der Waals surface area contributed by atoms with Gasteiger partial charge < -0.3 is 20.5 Å². The topological polar surface area (TPSA) is 89.1 Å². The lowest BCUT2D eigenvalue weighted by molar-refractivity contribution is 0.0918. The molecule has 0 radical (unpaired) electrons. The maximum atomic E-state index is 12.9. The Bertz CT molecular complexity index is 1130. The summed E-state index contributed by atoms with van der Waals surface area (Å²) in [5.74, 6) is 0.773. The highest BCUT2D eigenvalue weighted by molar-refractivity contribution is 7.15. The smallest absolute Gasteiger partial charge is 0.251 e. The second kappa shape index (κ2) is 11.6. The average molecular weight is 507 g/mol. The molecule has 0 unspecified atom stereocenters. The molecule has 2 heterocycles. The Morgan fingerprint density at radius 2 is 2.08 bits per heavy atom. The van der Waals surface area contributed by atoms with E-state index in [0.717, 1.165) is 49.0 Å². The maximum Gasteiger partial charge on any atom is 0.251 e. The second-order valence-electron chi connectivity index (χ2n) is 10.4. The number of anilines is 1. The predicted molar refractivity (Wildman–Crippen MR) is 146 cm³/mol. The Kier molecular flexibility index (Phi) is 8.02. The number of nitrogens with two attached hydrogens (primary N) is 1. The summed E-state index contributed by atoms with van der Waals surface area (Å²) in [6.07, 6.45) is 15.7. The molecule has 8 heteroatoms. The summed E-state index contributed by atoms with van der Waals surface area (Å²) in [5.41, 5.74) is 8.85. The van der Waals surface area contributed by atoms with Gasteiger partial charge in [-0.25, -0.2) is 9.97 Å². The summed E-state index contributed by atoms with van der Waals surface area (Å²) >= 11 is 1.68. The Hall–Kier alpha value is -2.71. The van der Waals surface area contributed by atoms with Crippen LogP contribution in [0.4, 0.5) is 5.13 Å². The second-order valence-corrected chi connectivity index (χ2v) is 11.5. The number of nitrogens with zero attached hydrogens (tertiary/aromatic N) is 4. The van der Waals surface area contributed by atoms with E-state index < -0.39 is 0 Å². The lowest BCUT2D eigenvalue weighted by Gasteiger charge is -2.36. The molecular weight excluding hydrogens is 468 g/mol. The first kappa shape index (κ1) is 25.0. The fourth-order valence-electron chi connectivity index (χ4n) is 5.89. The van der Waals surface area contributed by atoms with Crippen LogP contribution in [0.1, 0.15) is 72.8 Å². The van der Waals surface area contributed by atoms with Gasteiger partial charge in [-0.1, -0.05) is 13.0 Å². The predicted octanol–water partition coefficient (Wildman–Crippen LogP) is 4.86. The van der Waals surface area contributed by atoms with Crippen LogP contribution in [-0.2, 0) is 12.8 Å². The minimum Gasteiger partial charge on any atom is -0.375 e. The number of benzene rings is 1. The van der Waals surface area contributed by atoms with Gasteiger partial charge in [0.05, 0.1) is 12.0 Å². The molecule has 5 rings (SSSR count). The van der Waals surface area contributed by atoms with Crippen LogP contribution in [0, 0.1) is 5.92 Å². The van der Waals surface area contributed by atoms with Crippen molar-refractivity contribution in [3.8, 4) is 5.69 Å². The molecule has 36 heavy (non-hydrogen) atoms. The highest BCUT2D eigenvalue weighted by Gasteiger charge is 2.28. The van der Waals surface area contributed by atoms with Gasteiger partial charge >= 0.3 is 0 Å². The number of aromatic nitrogens is 3. The number of hydrogen-bond acceptors (Lipinski definition) is 6. The average Bonchev–Trinajstić information content (AvgIpc) is 3.56. The van der Waals surface area contributed by atoms with Crippen molar-refractivity contribution in [2.24, 2.45) is 5.92 Å². The molecule has 7 nitrogen and oxygen atoms in total. The summed E-state index contributed by atoms with van der Waals surface area (Å²) in [6.45, 7) is 4.62. The van der Waals surface area contributed by atoms with E-state index in [1.165, 1.54) is 49.2 Å². The minimum absolute atomic E-state index is 0.0231. The number of imidazole rings is 1. The molecule has 1 atom stereocenters. The monoisotopic (exact) mass is 506 g/mol. The molecule has 3 N–H and O–H groups in total. The summed E-state index contributed by atoms with van der Waals surface area (Å²) in [6, 6.07) is 8.63. The van der Waals surface area contributed by atoms with Crippen molar-refractivity contribution in [1.29, 1.82) is 0 Å². The maximum absolute atomic E-state index is 12.9. The van der Waals surface area contributed by atoms with E-state index in [-0.39, 0.29) is 11.9 Å². The largest absolute Gasteiger partial charge is 0.375 e. The molecule has 0 saturated heterocycles. The summed E-state index contributed by atoms with van der Waals surface area (Å²) in [5, 5.41) is 4.01. The van der Waals surface area contributed by atoms with Crippen LogP contribution in [0.25, 0.3) is 5.69 Å². The molecule has 2 aliphatic rings. The Labute approximate surface area is 218 Å². The van der Waals surface area contributed by atoms with Gasteiger partial charge in [-0.15, -0.1) is 11.3 Å². The molecule has 3 aromatic rings. The van der Waals surface area contributed by atoms with Crippen molar-refractivity contribution in [3.63, 3.8) is 0 Å². The molecule has 1 fully saturated rings. The third-order valence-corrected chi connectivity index (χ3v) is 8.82. The van der Waals surface area contributed by atoms with Crippen LogP contribution in [-0.4, -0.2) is 50.5 Å². The van der Waals surface area contributed by atoms with Gasteiger partial charge in [0.25, 0.3) is 5.91 Å². The van der Waals surface area contributed by atoms with Crippen molar-refractivity contribution < 1.29 is 4.79 Å². The first-order valence-corrected chi connectivity index (χ1v) is 14.3. The Morgan fingerprint density at radius 3 is 2.86 bits per heavy atom. The van der Waals surface area contributed by atoms with Crippen molar-refractivity contribution >= 4 is 22.4 Å². The number of fused-ring (bicyclic) bond motifs is 1. The zero-order valence-corrected chi connectivity index (χ0v) is 22.1. The summed E-state index contributed by atoms with van der Waals surface area (Å²) in [7, 11) is 0. The first-order chi connectivity index (χ1) is 17.6. The number of aryl methyl sites for hydroxylation is 1. The normalized spacial score (nSPS) is 21.9. The van der Waals surface area contributed by atoms with Crippen LogP contribution in [0.3, 0.4) is 0 Å². The van der Waals surface area contributed by atoms with E-state index in [0.29, 0.717) is 11.6 Å². The van der Waals surface area contributed by atoms with Crippen LogP contribution in [0.5, 0.6) is 0 Å². The third-order valence-electron chi connectivity index (χ3n) is 7.87. The zero-order chi connectivity index (χ0) is 24.9. The van der Waals surface area contributed by atoms with E-state index >= 15 is 0 Å². The molecule has 0 bridgehead atoms. The standard InChI is InChI=1S/C28H38N6OS/c1-2-14-33(24-10-11-25-26(18-24)36-28(29)32-25)15-12-20-6-8-22(9-7-20)31-27(35)21-4-3-5-23(17-21)34-16-13-30-19-34/h3-5,13,16-17,19-20,22,24H,2,6-12,14-15,18H2,1H3,(H2,29,32)(H,31,35)/t20?,22?,24-/m0/s1.